The molecule has 2 N–H and O–H groups in total. The quantitative estimate of drug-likeness (QED) is 0.256. The van der Waals surface area contributed by atoms with Crippen molar-refractivity contribution in [3.8, 4) is 0 Å². The summed E-state index contributed by atoms with van der Waals surface area (Å²) < 4.78 is 10.3. The van der Waals surface area contributed by atoms with Crippen LogP contribution in [-0.4, -0.2) is 42.4 Å². The van der Waals surface area contributed by atoms with Crippen molar-refractivity contribution in [2.24, 2.45) is 0 Å². The number of hydrogen-bond donors (Lipinski definition) is 2. The molecule has 1 aromatic rings. The Balaban J connectivity index is 1.86. The highest BCUT2D eigenvalue weighted by molar-refractivity contribution is 7.09. The minimum Gasteiger partial charge on any atom is -0.478 e. The van der Waals surface area contributed by atoms with Crippen LogP contribution in [0.2, 0.25) is 0 Å². The first-order valence-corrected chi connectivity index (χ1v) is 6.98. The van der Waals surface area contributed by atoms with Gasteiger partial charge in [-0.2, -0.15) is 0 Å². The Morgan fingerprint density at radius 2 is 2.38 bits per heavy atom. The number of aldehydes is 1. The molecule has 112 valence electrons. The lowest BCUT2D eigenvalue weighted by Crippen LogP contribution is -2.29. The third-order valence-corrected chi connectivity index (χ3v) is 3.59. The van der Waals surface area contributed by atoms with Gasteiger partial charge in [-0.15, -0.1) is 11.3 Å². The Bertz CT molecular complexity index is 553. The molecule has 2 unspecified atom stereocenters. The number of hydrogen-bond acceptors (Lipinski definition) is 7. The smallest absolute Gasteiger partial charge is 0.345 e. The minimum atomic E-state index is -1.40. The van der Waals surface area contributed by atoms with Gasteiger partial charge in [0.25, 0.3) is 6.41 Å². The summed E-state index contributed by atoms with van der Waals surface area (Å²) in [6.07, 6.45) is 0.177. The lowest BCUT2D eigenvalue weighted by atomic mass is 10.2. The van der Waals surface area contributed by atoms with Gasteiger partial charge in [-0.05, 0) is 11.4 Å². The molecule has 1 fully saturated rings. The predicted octanol–water partition coefficient (Wildman–Crippen LogP) is 0.316. The van der Waals surface area contributed by atoms with Crippen LogP contribution in [0, 0.1) is 0 Å². The van der Waals surface area contributed by atoms with Gasteiger partial charge in [-0.3, -0.25) is 10.1 Å². The molecule has 0 spiro atoms. The van der Waals surface area contributed by atoms with Crippen LogP contribution in [0.15, 0.2) is 29.2 Å². The molecule has 1 aliphatic rings. The second-order valence-electron chi connectivity index (χ2n) is 4.24. The first-order chi connectivity index (χ1) is 10.1. The highest BCUT2D eigenvalue weighted by Gasteiger charge is 2.28. The number of ether oxygens (including phenoxy) is 2. The van der Waals surface area contributed by atoms with E-state index < -0.39 is 23.9 Å². The second-order valence-corrected chi connectivity index (χ2v) is 5.28. The van der Waals surface area contributed by atoms with Crippen LogP contribution in [0.25, 0.3) is 0 Å². The van der Waals surface area contributed by atoms with Crippen LogP contribution in [0.5, 0.6) is 0 Å². The number of aliphatic carboxylic acids is 1. The van der Waals surface area contributed by atoms with Crippen LogP contribution < -0.4 is 5.32 Å². The monoisotopic (exact) mass is 311 g/mol. The Labute approximate surface area is 124 Å². The number of carboxylic acids is 1. The van der Waals surface area contributed by atoms with E-state index in [1.54, 1.807) is 11.3 Å². The first-order valence-electron chi connectivity index (χ1n) is 6.10. The number of carboxylic acid groups (broad SMARTS) is 1. The van der Waals surface area contributed by atoms with E-state index in [1.807, 2.05) is 17.5 Å². The lowest BCUT2D eigenvalue weighted by Gasteiger charge is -2.12. The number of nitrogens with one attached hydrogen (secondary N) is 1. The number of rotatable bonds is 6. The van der Waals surface area contributed by atoms with Crippen molar-refractivity contribution in [3.63, 3.8) is 0 Å². The van der Waals surface area contributed by atoms with Gasteiger partial charge in [-0.1, -0.05) is 6.07 Å². The maximum atomic E-state index is 11.6. The normalized spacial score (nSPS) is 22.0. The summed E-state index contributed by atoms with van der Waals surface area (Å²) in [4.78, 5) is 33.8. The van der Waals surface area contributed by atoms with Crippen molar-refractivity contribution in [2.45, 2.75) is 18.9 Å². The fourth-order valence-electron chi connectivity index (χ4n) is 1.78. The minimum absolute atomic E-state index is 0.133. The first kappa shape index (κ1) is 15.4. The van der Waals surface area contributed by atoms with E-state index in [9.17, 15) is 14.4 Å². The van der Waals surface area contributed by atoms with E-state index in [-0.39, 0.29) is 12.4 Å². The second kappa shape index (κ2) is 7.11. The highest BCUT2D eigenvalue weighted by atomic mass is 32.1. The number of carbonyl (C=O) groups excluding carboxylic acids is 2. The van der Waals surface area contributed by atoms with Gasteiger partial charge in [0.15, 0.2) is 6.29 Å². The molecule has 7 nitrogen and oxygen atoms in total. The number of carbonyl (C=O) groups is 3. The molecule has 0 bridgehead atoms. The molecule has 1 saturated heterocycles. The molecule has 8 heteroatoms. The molecule has 0 amide bonds. The fraction of sp³-hybridized carbons (Fsp3) is 0.308. The maximum absolute atomic E-state index is 11.6. The zero-order valence-corrected chi connectivity index (χ0v) is 11.7. The van der Waals surface area contributed by atoms with Crippen LogP contribution in [0.1, 0.15) is 4.88 Å². The molecule has 21 heavy (non-hydrogen) atoms. The molecule has 0 radical (unpaired) electrons. The van der Waals surface area contributed by atoms with Crippen molar-refractivity contribution >= 4 is 29.6 Å². The molecule has 1 aromatic heterocycles. The summed E-state index contributed by atoms with van der Waals surface area (Å²) >= 11 is 1.60. The molecule has 2 atom stereocenters. The van der Waals surface area contributed by atoms with Crippen LogP contribution in [-0.2, 0) is 30.3 Å². The van der Waals surface area contributed by atoms with Crippen molar-refractivity contribution in [3.05, 3.63) is 34.0 Å². The van der Waals surface area contributed by atoms with E-state index >= 15 is 0 Å². The molecule has 0 saturated carbocycles. The Kier molecular flexibility index (Phi) is 5.20. The molecule has 2 heterocycles. The summed E-state index contributed by atoms with van der Waals surface area (Å²) in [7, 11) is 0. The van der Waals surface area contributed by atoms with Crippen LogP contribution in [0.4, 0.5) is 0 Å². The molecule has 0 aliphatic carbocycles. The summed E-state index contributed by atoms with van der Waals surface area (Å²) in [6, 6.07) is 3.92. The topological polar surface area (TPSA) is 102 Å². The van der Waals surface area contributed by atoms with Gasteiger partial charge in [0.05, 0.1) is 6.10 Å². The van der Waals surface area contributed by atoms with Gasteiger partial charge in [0, 0.05) is 23.9 Å². The van der Waals surface area contributed by atoms with Crippen molar-refractivity contribution in [1.29, 1.82) is 0 Å². The summed E-state index contributed by atoms with van der Waals surface area (Å²) in [5.74, 6) is -2.44. The van der Waals surface area contributed by atoms with Crippen LogP contribution in [0.3, 0.4) is 0 Å². The molecular weight excluding hydrogens is 298 g/mol. The van der Waals surface area contributed by atoms with Gasteiger partial charge in [0.1, 0.15) is 5.57 Å². The van der Waals surface area contributed by atoms with Gasteiger partial charge < -0.3 is 14.6 Å². The molecule has 2 rings (SSSR count). The standard InChI is InChI=1S/C13H13NO6S/c15-7-8(4-11(16)17)12(18)20-13-14-6-9(19-13)5-10-2-1-3-21-10/h1-4,7,9,13-14H,5-6H2,(H,16,17)/b8-4+. The Morgan fingerprint density at radius 1 is 1.57 bits per heavy atom. The van der Waals surface area contributed by atoms with Gasteiger partial charge in [-0.25, -0.2) is 9.59 Å². The zero-order valence-electron chi connectivity index (χ0n) is 10.9. The fourth-order valence-corrected chi connectivity index (χ4v) is 2.55. The van der Waals surface area contributed by atoms with Crippen molar-refractivity contribution in [2.75, 3.05) is 6.54 Å². The van der Waals surface area contributed by atoms with E-state index in [2.05, 4.69) is 5.32 Å². The highest BCUT2D eigenvalue weighted by Crippen LogP contribution is 2.17. The lowest BCUT2D eigenvalue weighted by molar-refractivity contribution is -0.174. The largest absolute Gasteiger partial charge is 0.478 e. The van der Waals surface area contributed by atoms with Crippen molar-refractivity contribution < 1.29 is 29.0 Å². The van der Waals surface area contributed by atoms with E-state index in [0.717, 1.165) is 4.88 Å². The average molecular weight is 311 g/mol. The van der Waals surface area contributed by atoms with E-state index in [4.69, 9.17) is 14.6 Å². The molecular formula is C13H13NO6S. The van der Waals surface area contributed by atoms with E-state index in [1.165, 1.54) is 0 Å². The molecule has 0 aromatic carbocycles. The summed E-state index contributed by atoms with van der Waals surface area (Å²) in [6.45, 7) is 0.495. The van der Waals surface area contributed by atoms with Crippen molar-refractivity contribution in [1.82, 2.24) is 5.32 Å². The SMILES string of the molecule is O=C/C(=C\C(=O)O)C(=O)OC1NCC(Cc2cccs2)O1. The van der Waals surface area contributed by atoms with E-state index in [0.29, 0.717) is 19.0 Å². The third kappa shape index (κ3) is 4.48. The number of esters is 1. The third-order valence-electron chi connectivity index (χ3n) is 2.69. The molecule has 1 aliphatic heterocycles. The van der Waals surface area contributed by atoms with Gasteiger partial charge >= 0.3 is 11.9 Å². The summed E-state index contributed by atoms with van der Waals surface area (Å²) in [5.41, 5.74) is -0.574. The van der Waals surface area contributed by atoms with Crippen LogP contribution >= 0.6 is 11.3 Å². The van der Waals surface area contributed by atoms with Gasteiger partial charge in [0.2, 0.25) is 0 Å². The zero-order chi connectivity index (χ0) is 15.2. The Morgan fingerprint density at radius 3 is 3.00 bits per heavy atom. The maximum Gasteiger partial charge on any atom is 0.345 e. The summed E-state index contributed by atoms with van der Waals surface area (Å²) in [5, 5.41) is 13.3. The Hall–Kier alpha value is -2.03. The average Bonchev–Trinajstić information content (AvgIpc) is 3.08. The number of thiophene rings is 1. The predicted molar refractivity (Wildman–Crippen MR) is 72.6 cm³/mol.